The van der Waals surface area contributed by atoms with Crippen LogP contribution in [0.4, 0.5) is 5.95 Å². The first-order valence-corrected chi connectivity index (χ1v) is 9.78. The van der Waals surface area contributed by atoms with Crippen LogP contribution in [0, 0.1) is 5.92 Å². The van der Waals surface area contributed by atoms with Crippen molar-refractivity contribution in [3.63, 3.8) is 0 Å². The Morgan fingerprint density at radius 3 is 2.85 bits per heavy atom. The first-order valence-electron chi connectivity index (χ1n) is 9.78. The molecule has 5 aliphatic rings. The molecule has 2 bridgehead atoms. The van der Waals surface area contributed by atoms with Crippen molar-refractivity contribution in [3.05, 3.63) is 30.0 Å². The molecule has 1 aromatic heterocycles. The Morgan fingerprint density at radius 1 is 1.19 bits per heavy atom. The quantitative estimate of drug-likeness (QED) is 0.903. The molecule has 1 unspecified atom stereocenters. The van der Waals surface area contributed by atoms with E-state index in [1.807, 2.05) is 6.20 Å². The van der Waals surface area contributed by atoms with E-state index < -0.39 is 0 Å². The van der Waals surface area contributed by atoms with Gasteiger partial charge in [-0.3, -0.25) is 10.3 Å². The number of rotatable bonds is 2. The van der Waals surface area contributed by atoms with Gasteiger partial charge in [-0.25, -0.2) is 9.97 Å². The summed E-state index contributed by atoms with van der Waals surface area (Å²) in [5.74, 6) is 2.74. The molecule has 1 saturated carbocycles. The number of hydroxylamine groups is 1. The summed E-state index contributed by atoms with van der Waals surface area (Å²) in [5.41, 5.74) is 5.35. The molecule has 1 spiro atoms. The van der Waals surface area contributed by atoms with E-state index in [2.05, 4.69) is 43.5 Å². The summed E-state index contributed by atoms with van der Waals surface area (Å²) in [5, 5.41) is 1.07. The van der Waals surface area contributed by atoms with Crippen molar-refractivity contribution < 1.29 is 4.84 Å². The summed E-state index contributed by atoms with van der Waals surface area (Å²) in [6, 6.07) is 6.53. The molecule has 1 atom stereocenters. The van der Waals surface area contributed by atoms with E-state index in [9.17, 15) is 0 Å². The van der Waals surface area contributed by atoms with Crippen molar-refractivity contribution in [1.82, 2.24) is 20.3 Å². The Hall–Kier alpha value is -2.05. The van der Waals surface area contributed by atoms with Gasteiger partial charge in [-0.05, 0) is 62.2 Å². The number of amidine groups is 1. The van der Waals surface area contributed by atoms with Crippen molar-refractivity contribution in [2.75, 3.05) is 19.6 Å². The summed E-state index contributed by atoms with van der Waals surface area (Å²) in [6.45, 7) is 3.42. The highest BCUT2D eigenvalue weighted by Crippen LogP contribution is 2.43. The number of aliphatic imine (C=N–C) groups is 1. The van der Waals surface area contributed by atoms with Crippen molar-refractivity contribution >= 4 is 22.7 Å². The molecule has 134 valence electrons. The zero-order chi connectivity index (χ0) is 17.1. The van der Waals surface area contributed by atoms with Gasteiger partial charge in [-0.1, -0.05) is 12.1 Å². The normalized spacial score (nSPS) is 34.7. The highest BCUT2D eigenvalue weighted by Gasteiger charge is 2.52. The first-order chi connectivity index (χ1) is 12.8. The van der Waals surface area contributed by atoms with Crippen LogP contribution in [-0.4, -0.2) is 45.9 Å². The van der Waals surface area contributed by atoms with Crippen LogP contribution in [0.5, 0.6) is 0 Å². The van der Waals surface area contributed by atoms with Gasteiger partial charge in [0.1, 0.15) is 11.4 Å². The fourth-order valence-electron chi connectivity index (χ4n) is 4.89. The average Bonchev–Trinajstić information content (AvgIpc) is 3.46. The van der Waals surface area contributed by atoms with E-state index in [1.54, 1.807) is 0 Å². The Balaban J connectivity index is 1.28. The molecular formula is C20H23N5O. The van der Waals surface area contributed by atoms with E-state index >= 15 is 0 Å². The fourth-order valence-corrected chi connectivity index (χ4v) is 4.89. The first kappa shape index (κ1) is 15.1. The van der Waals surface area contributed by atoms with Crippen LogP contribution in [0.2, 0.25) is 0 Å². The third kappa shape index (κ3) is 2.43. The van der Waals surface area contributed by atoms with Gasteiger partial charge in [0.05, 0.1) is 5.52 Å². The number of benzene rings is 1. The lowest BCUT2D eigenvalue weighted by Gasteiger charge is -2.49. The van der Waals surface area contributed by atoms with Crippen LogP contribution in [0.3, 0.4) is 0 Å². The monoisotopic (exact) mass is 349 g/mol. The van der Waals surface area contributed by atoms with Gasteiger partial charge in [0, 0.05) is 24.5 Å². The maximum absolute atomic E-state index is 6.07. The smallest absolute Gasteiger partial charge is 0.251 e. The molecule has 26 heavy (non-hydrogen) atoms. The van der Waals surface area contributed by atoms with Gasteiger partial charge in [0.15, 0.2) is 0 Å². The molecule has 4 aliphatic heterocycles. The molecule has 0 radical (unpaired) electrons. The minimum atomic E-state index is -0.106. The summed E-state index contributed by atoms with van der Waals surface area (Å²) < 4.78 is 0. The van der Waals surface area contributed by atoms with Crippen LogP contribution in [0.1, 0.15) is 43.6 Å². The summed E-state index contributed by atoms with van der Waals surface area (Å²) in [7, 11) is 0. The molecule has 7 rings (SSSR count). The molecule has 6 nitrogen and oxygen atoms in total. The Morgan fingerprint density at radius 2 is 2.08 bits per heavy atom. The summed E-state index contributed by atoms with van der Waals surface area (Å²) >= 11 is 0. The van der Waals surface area contributed by atoms with Gasteiger partial charge in [0.25, 0.3) is 5.95 Å². The molecule has 1 aliphatic carbocycles. The maximum Gasteiger partial charge on any atom is 0.251 e. The molecule has 0 amide bonds. The molecule has 2 aromatic rings. The van der Waals surface area contributed by atoms with Crippen molar-refractivity contribution in [2.24, 2.45) is 10.9 Å². The van der Waals surface area contributed by atoms with Gasteiger partial charge in [-0.15, -0.1) is 0 Å². The maximum atomic E-state index is 6.07. The number of aromatic nitrogens is 2. The van der Waals surface area contributed by atoms with E-state index in [4.69, 9.17) is 4.84 Å². The van der Waals surface area contributed by atoms with Crippen molar-refractivity contribution in [2.45, 2.75) is 43.6 Å². The predicted molar refractivity (Wildman–Crippen MR) is 99.3 cm³/mol. The predicted octanol–water partition coefficient (Wildman–Crippen LogP) is 2.93. The van der Waals surface area contributed by atoms with Crippen LogP contribution < -0.4 is 5.48 Å². The second kappa shape index (κ2) is 5.47. The number of hydrogen-bond donors (Lipinski definition) is 1. The largest absolute Gasteiger partial charge is 0.300 e. The highest BCUT2D eigenvalue weighted by molar-refractivity contribution is 5.86. The van der Waals surface area contributed by atoms with Crippen molar-refractivity contribution in [3.8, 4) is 0 Å². The minimum absolute atomic E-state index is 0.106. The number of nitrogens with one attached hydrogen (secondary N) is 1. The lowest BCUT2D eigenvalue weighted by atomic mass is 9.74. The Bertz CT molecular complexity index is 900. The summed E-state index contributed by atoms with van der Waals surface area (Å²) in [6.07, 6.45) is 7.76. The van der Waals surface area contributed by atoms with Crippen LogP contribution in [0.15, 0.2) is 29.4 Å². The average molecular weight is 349 g/mol. The van der Waals surface area contributed by atoms with E-state index in [1.165, 1.54) is 44.3 Å². The molecule has 5 heterocycles. The third-order valence-electron chi connectivity index (χ3n) is 6.54. The fraction of sp³-hybridized carbons (Fsp3) is 0.550. The SMILES string of the molecule is c1cc2cnc(/N=C3/CC4(CN5CCC4CC5)ON3)nc2cc1C1CC1. The third-order valence-corrected chi connectivity index (χ3v) is 6.54. The van der Waals surface area contributed by atoms with Crippen LogP contribution in [-0.2, 0) is 4.84 Å². The Kier molecular flexibility index (Phi) is 3.17. The van der Waals surface area contributed by atoms with E-state index in [0.29, 0.717) is 11.9 Å². The topological polar surface area (TPSA) is 62.6 Å². The van der Waals surface area contributed by atoms with Gasteiger partial charge < -0.3 is 4.90 Å². The molecule has 1 N–H and O–H groups in total. The van der Waals surface area contributed by atoms with Gasteiger partial charge in [-0.2, -0.15) is 4.99 Å². The molecule has 1 aromatic carbocycles. The number of hydrogen-bond acceptors (Lipinski definition) is 5. The van der Waals surface area contributed by atoms with Crippen LogP contribution >= 0.6 is 0 Å². The second-order valence-electron chi connectivity index (χ2n) is 8.32. The lowest BCUT2D eigenvalue weighted by Crippen LogP contribution is -2.59. The summed E-state index contributed by atoms with van der Waals surface area (Å²) in [4.78, 5) is 22.4. The molecule has 6 heteroatoms. The van der Waals surface area contributed by atoms with E-state index in [-0.39, 0.29) is 5.60 Å². The second-order valence-corrected chi connectivity index (χ2v) is 8.32. The van der Waals surface area contributed by atoms with Crippen molar-refractivity contribution in [1.29, 1.82) is 0 Å². The number of fused-ring (bicyclic) bond motifs is 3. The number of nitrogens with zero attached hydrogens (tertiary/aromatic N) is 4. The molecular weight excluding hydrogens is 326 g/mol. The van der Waals surface area contributed by atoms with Crippen LogP contribution in [0.25, 0.3) is 10.9 Å². The Labute approximate surface area is 152 Å². The minimum Gasteiger partial charge on any atom is -0.300 e. The van der Waals surface area contributed by atoms with Gasteiger partial charge >= 0.3 is 0 Å². The zero-order valence-electron chi connectivity index (χ0n) is 14.8. The highest BCUT2D eigenvalue weighted by atomic mass is 16.7. The van der Waals surface area contributed by atoms with Gasteiger partial charge in [0.2, 0.25) is 0 Å². The zero-order valence-corrected chi connectivity index (χ0v) is 14.8. The van der Waals surface area contributed by atoms with E-state index in [0.717, 1.165) is 35.6 Å². The standard InChI is InChI=1S/C20H23N5O/c1-2-13(1)14-3-4-15-11-21-19(22-17(15)9-14)23-18-10-20(26-24-18)12-25-7-5-16(20)6-8-25/h3-4,9,11,13,16H,1-2,5-8,10,12H2,(H,21,22,23,24). The molecule has 5 fully saturated rings. The number of piperidine rings is 3. The molecule has 4 saturated heterocycles. The lowest BCUT2D eigenvalue weighted by molar-refractivity contribution is -0.150.